The lowest BCUT2D eigenvalue weighted by atomic mass is 10.0. The molecule has 0 bridgehead atoms. The SMILES string of the molecule is COC(=O)c1cc(NC(=O)c2ccco2)cc(C(=O)O)c1C. The molecule has 1 amide bonds. The third-order valence-corrected chi connectivity index (χ3v) is 3.05. The van der Waals surface area contributed by atoms with E-state index in [4.69, 9.17) is 4.42 Å². The van der Waals surface area contributed by atoms with E-state index in [0.29, 0.717) is 0 Å². The molecular formula is C15H13NO6. The monoisotopic (exact) mass is 303 g/mol. The number of methoxy groups -OCH3 is 1. The van der Waals surface area contributed by atoms with Gasteiger partial charge < -0.3 is 19.6 Å². The van der Waals surface area contributed by atoms with Gasteiger partial charge in [-0.1, -0.05) is 0 Å². The molecule has 2 aromatic rings. The van der Waals surface area contributed by atoms with Crippen molar-refractivity contribution in [1.82, 2.24) is 0 Å². The van der Waals surface area contributed by atoms with Crippen molar-refractivity contribution in [2.75, 3.05) is 12.4 Å². The molecule has 0 spiro atoms. The average molecular weight is 303 g/mol. The van der Waals surface area contributed by atoms with Crippen LogP contribution in [0.2, 0.25) is 0 Å². The van der Waals surface area contributed by atoms with Gasteiger partial charge in [0.15, 0.2) is 5.76 Å². The Balaban J connectivity index is 2.43. The summed E-state index contributed by atoms with van der Waals surface area (Å²) >= 11 is 0. The van der Waals surface area contributed by atoms with E-state index in [1.807, 2.05) is 0 Å². The van der Waals surface area contributed by atoms with E-state index in [1.165, 1.54) is 38.5 Å². The van der Waals surface area contributed by atoms with Gasteiger partial charge in [-0.05, 0) is 36.8 Å². The van der Waals surface area contributed by atoms with Crippen molar-refractivity contribution < 1.29 is 28.6 Å². The fraction of sp³-hybridized carbons (Fsp3) is 0.133. The quantitative estimate of drug-likeness (QED) is 0.840. The lowest BCUT2D eigenvalue weighted by molar-refractivity contribution is 0.0599. The zero-order valence-electron chi connectivity index (χ0n) is 11.9. The molecule has 2 rings (SSSR count). The highest BCUT2D eigenvalue weighted by molar-refractivity contribution is 6.05. The van der Waals surface area contributed by atoms with Gasteiger partial charge >= 0.3 is 11.9 Å². The number of ether oxygens (including phenoxy) is 1. The van der Waals surface area contributed by atoms with Gasteiger partial charge in [0.1, 0.15) is 0 Å². The Labute approximate surface area is 125 Å². The number of furan rings is 1. The third kappa shape index (κ3) is 2.98. The number of carboxylic acid groups (broad SMARTS) is 1. The smallest absolute Gasteiger partial charge is 0.338 e. The van der Waals surface area contributed by atoms with E-state index in [0.717, 1.165) is 0 Å². The van der Waals surface area contributed by atoms with Crippen LogP contribution in [0, 0.1) is 6.92 Å². The molecular weight excluding hydrogens is 290 g/mol. The van der Waals surface area contributed by atoms with Gasteiger partial charge in [-0.3, -0.25) is 4.79 Å². The van der Waals surface area contributed by atoms with Crippen LogP contribution in [0.1, 0.15) is 36.8 Å². The van der Waals surface area contributed by atoms with E-state index >= 15 is 0 Å². The predicted octanol–water partition coefficient (Wildman–Crippen LogP) is 2.33. The van der Waals surface area contributed by atoms with Crippen LogP contribution >= 0.6 is 0 Å². The van der Waals surface area contributed by atoms with Gasteiger partial charge in [-0.15, -0.1) is 0 Å². The molecule has 0 aliphatic carbocycles. The second-order valence-corrected chi connectivity index (χ2v) is 4.42. The topological polar surface area (TPSA) is 106 Å². The Morgan fingerprint density at radius 3 is 2.45 bits per heavy atom. The molecule has 0 aliphatic rings. The Kier molecular flexibility index (Phi) is 4.26. The summed E-state index contributed by atoms with van der Waals surface area (Å²) in [5, 5.41) is 11.7. The number of esters is 1. The number of benzene rings is 1. The first-order valence-corrected chi connectivity index (χ1v) is 6.25. The number of nitrogens with one attached hydrogen (secondary N) is 1. The molecule has 0 saturated heterocycles. The van der Waals surface area contributed by atoms with Crippen LogP contribution in [-0.4, -0.2) is 30.1 Å². The number of amides is 1. The van der Waals surface area contributed by atoms with E-state index in [1.54, 1.807) is 6.07 Å². The molecule has 0 aliphatic heterocycles. The molecule has 22 heavy (non-hydrogen) atoms. The number of rotatable bonds is 4. The average Bonchev–Trinajstić information content (AvgIpc) is 3.02. The largest absolute Gasteiger partial charge is 0.478 e. The van der Waals surface area contributed by atoms with Crippen LogP contribution in [-0.2, 0) is 4.74 Å². The molecule has 114 valence electrons. The highest BCUT2D eigenvalue weighted by Gasteiger charge is 2.19. The number of carbonyl (C=O) groups is 3. The van der Waals surface area contributed by atoms with Gasteiger partial charge in [-0.25, -0.2) is 9.59 Å². The minimum absolute atomic E-state index is 0.0667. The molecule has 2 N–H and O–H groups in total. The van der Waals surface area contributed by atoms with Crippen LogP contribution in [0.4, 0.5) is 5.69 Å². The van der Waals surface area contributed by atoms with E-state index in [9.17, 15) is 19.5 Å². The highest BCUT2D eigenvalue weighted by Crippen LogP contribution is 2.22. The standard InChI is InChI=1S/C15H13NO6/c1-8-10(14(18)19)6-9(7-11(8)15(20)21-2)16-13(17)12-4-3-5-22-12/h3-7H,1-2H3,(H,16,17)(H,18,19). The fourth-order valence-electron chi connectivity index (χ4n) is 1.93. The number of aromatic carboxylic acids is 1. The maximum atomic E-state index is 11.9. The van der Waals surface area contributed by atoms with Crippen molar-refractivity contribution in [1.29, 1.82) is 0 Å². The van der Waals surface area contributed by atoms with Gasteiger partial charge in [0.05, 0.1) is 24.5 Å². The summed E-state index contributed by atoms with van der Waals surface area (Å²) in [7, 11) is 1.19. The van der Waals surface area contributed by atoms with Crippen molar-refractivity contribution in [3.8, 4) is 0 Å². The number of carboxylic acids is 1. The lowest BCUT2D eigenvalue weighted by Gasteiger charge is -2.11. The van der Waals surface area contributed by atoms with Crippen LogP contribution < -0.4 is 5.32 Å². The summed E-state index contributed by atoms with van der Waals surface area (Å²) in [4.78, 5) is 34.9. The molecule has 7 nitrogen and oxygen atoms in total. The summed E-state index contributed by atoms with van der Waals surface area (Å²) in [6.45, 7) is 1.49. The number of hydrogen-bond acceptors (Lipinski definition) is 5. The number of anilines is 1. The molecule has 0 unspecified atom stereocenters. The molecule has 0 fully saturated rings. The van der Waals surface area contributed by atoms with Gasteiger partial charge in [0.2, 0.25) is 0 Å². The minimum Gasteiger partial charge on any atom is -0.478 e. The Hall–Kier alpha value is -3.09. The Bertz CT molecular complexity index is 733. The second-order valence-electron chi connectivity index (χ2n) is 4.42. The first-order valence-electron chi connectivity index (χ1n) is 6.25. The van der Waals surface area contributed by atoms with Crippen molar-refractivity contribution in [2.45, 2.75) is 6.92 Å². The molecule has 1 aromatic carbocycles. The molecule has 0 radical (unpaired) electrons. The number of hydrogen-bond donors (Lipinski definition) is 2. The summed E-state index contributed by atoms with van der Waals surface area (Å²) in [5.74, 6) is -2.39. The molecule has 0 saturated carbocycles. The number of carbonyl (C=O) groups excluding carboxylic acids is 2. The summed E-state index contributed by atoms with van der Waals surface area (Å²) < 4.78 is 9.57. The van der Waals surface area contributed by atoms with Gasteiger partial charge in [0.25, 0.3) is 5.91 Å². The first-order chi connectivity index (χ1) is 10.4. The predicted molar refractivity (Wildman–Crippen MR) is 76.1 cm³/mol. The zero-order valence-corrected chi connectivity index (χ0v) is 11.9. The minimum atomic E-state index is -1.21. The zero-order chi connectivity index (χ0) is 16.3. The molecule has 7 heteroatoms. The van der Waals surface area contributed by atoms with Crippen LogP contribution in [0.5, 0.6) is 0 Å². The first kappa shape index (κ1) is 15.3. The van der Waals surface area contributed by atoms with Crippen LogP contribution in [0.15, 0.2) is 34.9 Å². The van der Waals surface area contributed by atoms with Crippen molar-refractivity contribution in [2.24, 2.45) is 0 Å². The Morgan fingerprint density at radius 2 is 1.91 bits per heavy atom. The molecule has 1 heterocycles. The van der Waals surface area contributed by atoms with Crippen LogP contribution in [0.3, 0.4) is 0 Å². The third-order valence-electron chi connectivity index (χ3n) is 3.05. The normalized spacial score (nSPS) is 10.1. The van der Waals surface area contributed by atoms with Crippen molar-refractivity contribution in [3.63, 3.8) is 0 Å². The fourth-order valence-corrected chi connectivity index (χ4v) is 1.93. The van der Waals surface area contributed by atoms with Crippen LogP contribution in [0.25, 0.3) is 0 Å². The Morgan fingerprint density at radius 1 is 1.23 bits per heavy atom. The van der Waals surface area contributed by atoms with Crippen molar-refractivity contribution >= 4 is 23.5 Å². The molecule has 0 atom stereocenters. The molecule has 1 aromatic heterocycles. The second kappa shape index (κ2) is 6.13. The van der Waals surface area contributed by atoms with Crippen molar-refractivity contribution in [3.05, 3.63) is 53.0 Å². The maximum absolute atomic E-state index is 11.9. The summed E-state index contributed by atoms with van der Waals surface area (Å²) in [5.41, 5.74) is 0.384. The summed E-state index contributed by atoms with van der Waals surface area (Å²) in [6.07, 6.45) is 1.34. The van der Waals surface area contributed by atoms with E-state index in [2.05, 4.69) is 10.1 Å². The van der Waals surface area contributed by atoms with Gasteiger partial charge in [-0.2, -0.15) is 0 Å². The van der Waals surface area contributed by atoms with Gasteiger partial charge in [0, 0.05) is 5.69 Å². The van der Waals surface area contributed by atoms with E-state index in [-0.39, 0.29) is 28.1 Å². The lowest BCUT2D eigenvalue weighted by Crippen LogP contribution is -2.15. The maximum Gasteiger partial charge on any atom is 0.338 e. The van der Waals surface area contributed by atoms with E-state index < -0.39 is 17.8 Å². The highest BCUT2D eigenvalue weighted by atomic mass is 16.5. The summed E-state index contributed by atoms with van der Waals surface area (Å²) in [6, 6.07) is 5.63.